The summed E-state index contributed by atoms with van der Waals surface area (Å²) in [4.78, 5) is 11.7. The fraction of sp³-hybridized carbons (Fsp3) is 0.533. The summed E-state index contributed by atoms with van der Waals surface area (Å²) in [6, 6.07) is 5.30. The Morgan fingerprint density at radius 1 is 1.33 bits per heavy atom. The molecule has 1 atom stereocenters. The summed E-state index contributed by atoms with van der Waals surface area (Å²) in [6.45, 7) is 5.78. The predicted molar refractivity (Wildman–Crippen MR) is 85.1 cm³/mol. The summed E-state index contributed by atoms with van der Waals surface area (Å²) >= 11 is 11.9. The Morgan fingerprint density at radius 3 is 2.52 bits per heavy atom. The Morgan fingerprint density at radius 2 is 2.00 bits per heavy atom. The number of benzene rings is 1. The number of ether oxygens (including phenoxy) is 1. The smallest absolute Gasteiger partial charge is 0.407 e. The number of alkyl carbamates (subject to hydrolysis) is 1. The van der Waals surface area contributed by atoms with E-state index in [2.05, 4.69) is 5.32 Å². The third-order valence-electron chi connectivity index (χ3n) is 2.78. The van der Waals surface area contributed by atoms with Crippen molar-refractivity contribution in [2.45, 2.75) is 38.7 Å². The molecule has 0 saturated heterocycles. The molecule has 0 radical (unpaired) electrons. The number of amides is 1. The number of nitrogens with one attached hydrogen (secondary N) is 1. The van der Waals surface area contributed by atoms with Crippen LogP contribution in [0.4, 0.5) is 4.79 Å². The van der Waals surface area contributed by atoms with Crippen molar-refractivity contribution in [3.05, 3.63) is 33.8 Å². The summed E-state index contributed by atoms with van der Waals surface area (Å²) in [6.07, 6.45) is 0.0267. The molecule has 0 saturated carbocycles. The van der Waals surface area contributed by atoms with Crippen LogP contribution in [0.3, 0.4) is 0 Å². The first-order valence-electron chi connectivity index (χ1n) is 6.75. The highest BCUT2D eigenvalue weighted by atomic mass is 35.5. The van der Waals surface area contributed by atoms with Gasteiger partial charge < -0.3 is 15.2 Å². The minimum Gasteiger partial charge on any atom is -0.444 e. The van der Waals surface area contributed by atoms with Crippen molar-refractivity contribution in [2.24, 2.45) is 0 Å². The van der Waals surface area contributed by atoms with Crippen LogP contribution in [0.1, 0.15) is 38.7 Å². The molecular weight excluding hydrogens is 313 g/mol. The second kappa shape index (κ2) is 7.87. The minimum atomic E-state index is -0.542. The van der Waals surface area contributed by atoms with Gasteiger partial charge in [-0.3, -0.25) is 0 Å². The Balaban J connectivity index is 2.69. The van der Waals surface area contributed by atoms with Crippen molar-refractivity contribution in [3.63, 3.8) is 0 Å². The second-order valence-corrected chi connectivity index (χ2v) is 6.58. The Kier molecular flexibility index (Phi) is 6.78. The third kappa shape index (κ3) is 6.55. The highest BCUT2D eigenvalue weighted by Crippen LogP contribution is 2.27. The third-order valence-corrected chi connectivity index (χ3v) is 3.52. The number of rotatable bonds is 5. The van der Waals surface area contributed by atoms with Gasteiger partial charge in [0.05, 0.1) is 10.0 Å². The summed E-state index contributed by atoms with van der Waals surface area (Å²) < 4.78 is 5.19. The van der Waals surface area contributed by atoms with E-state index < -0.39 is 11.7 Å². The van der Waals surface area contributed by atoms with Crippen LogP contribution in [0.2, 0.25) is 10.0 Å². The van der Waals surface area contributed by atoms with Crippen LogP contribution in [0, 0.1) is 0 Å². The molecule has 1 rings (SSSR count). The molecule has 0 aliphatic rings. The van der Waals surface area contributed by atoms with E-state index in [0.717, 1.165) is 5.56 Å². The van der Waals surface area contributed by atoms with Crippen LogP contribution in [0.15, 0.2) is 18.2 Å². The van der Waals surface area contributed by atoms with E-state index in [-0.39, 0.29) is 12.5 Å². The van der Waals surface area contributed by atoms with E-state index in [0.29, 0.717) is 23.0 Å². The summed E-state index contributed by atoms with van der Waals surface area (Å²) in [5.41, 5.74) is 0.370. The van der Waals surface area contributed by atoms with Crippen LogP contribution in [-0.2, 0) is 4.74 Å². The molecule has 0 aliphatic carbocycles. The summed E-state index contributed by atoms with van der Waals surface area (Å²) in [7, 11) is 0. The maximum atomic E-state index is 11.7. The Labute approximate surface area is 135 Å². The average Bonchev–Trinajstić information content (AvgIpc) is 2.36. The van der Waals surface area contributed by atoms with Crippen molar-refractivity contribution in [1.82, 2.24) is 5.32 Å². The first-order chi connectivity index (χ1) is 9.73. The quantitative estimate of drug-likeness (QED) is 0.856. The maximum Gasteiger partial charge on any atom is 0.407 e. The fourth-order valence-corrected chi connectivity index (χ4v) is 2.14. The van der Waals surface area contributed by atoms with Gasteiger partial charge in [0, 0.05) is 19.1 Å². The van der Waals surface area contributed by atoms with E-state index in [9.17, 15) is 9.90 Å². The zero-order valence-electron chi connectivity index (χ0n) is 12.5. The molecule has 21 heavy (non-hydrogen) atoms. The highest BCUT2D eigenvalue weighted by Gasteiger charge is 2.18. The van der Waals surface area contributed by atoms with Crippen molar-refractivity contribution < 1.29 is 14.6 Å². The van der Waals surface area contributed by atoms with Crippen molar-refractivity contribution in [2.75, 3.05) is 13.2 Å². The van der Waals surface area contributed by atoms with Crippen molar-refractivity contribution in [3.8, 4) is 0 Å². The SMILES string of the molecule is CC(C)(C)OC(=O)NCC(CCO)c1ccc(Cl)c(Cl)c1. The molecule has 0 spiro atoms. The number of aliphatic hydroxyl groups excluding tert-OH is 1. The summed E-state index contributed by atoms with van der Waals surface area (Å²) in [5.74, 6) is -0.0581. The number of hydrogen-bond acceptors (Lipinski definition) is 3. The molecule has 0 bridgehead atoms. The van der Waals surface area contributed by atoms with Crippen molar-refractivity contribution in [1.29, 1.82) is 0 Å². The first-order valence-corrected chi connectivity index (χ1v) is 7.51. The van der Waals surface area contributed by atoms with Crippen molar-refractivity contribution >= 4 is 29.3 Å². The fourth-order valence-electron chi connectivity index (χ4n) is 1.83. The topological polar surface area (TPSA) is 58.6 Å². The normalized spacial score (nSPS) is 12.9. The van der Waals surface area contributed by atoms with Gasteiger partial charge >= 0.3 is 6.09 Å². The zero-order valence-corrected chi connectivity index (χ0v) is 14.0. The first kappa shape index (κ1) is 18.1. The zero-order chi connectivity index (χ0) is 16.0. The van der Waals surface area contributed by atoms with E-state index in [1.807, 2.05) is 6.07 Å². The molecule has 1 aromatic carbocycles. The molecule has 4 nitrogen and oxygen atoms in total. The molecule has 1 aromatic rings. The van der Waals surface area contributed by atoms with E-state index in [1.165, 1.54) is 0 Å². The lowest BCUT2D eigenvalue weighted by Crippen LogP contribution is -2.35. The average molecular weight is 334 g/mol. The lowest BCUT2D eigenvalue weighted by molar-refractivity contribution is 0.0522. The Bertz CT molecular complexity index is 486. The van der Waals surface area contributed by atoms with Gasteiger partial charge in [-0.05, 0) is 44.9 Å². The highest BCUT2D eigenvalue weighted by molar-refractivity contribution is 6.42. The number of halogens is 2. The molecule has 0 heterocycles. The molecule has 1 unspecified atom stereocenters. The van der Waals surface area contributed by atoms with Gasteiger partial charge in [0.25, 0.3) is 0 Å². The van der Waals surface area contributed by atoms with E-state index in [4.69, 9.17) is 27.9 Å². The second-order valence-electron chi connectivity index (χ2n) is 5.77. The van der Waals surface area contributed by atoms with Crippen LogP contribution in [-0.4, -0.2) is 30.0 Å². The predicted octanol–water partition coefficient (Wildman–Crippen LogP) is 3.98. The molecule has 1 amide bonds. The van der Waals surface area contributed by atoms with Gasteiger partial charge in [-0.25, -0.2) is 4.79 Å². The molecular formula is C15H21Cl2NO3. The van der Waals surface area contributed by atoms with Gasteiger partial charge in [-0.2, -0.15) is 0 Å². The summed E-state index contributed by atoms with van der Waals surface area (Å²) in [5, 5.41) is 12.8. The van der Waals surface area contributed by atoms with E-state index in [1.54, 1.807) is 32.9 Å². The van der Waals surface area contributed by atoms with Crippen LogP contribution < -0.4 is 5.32 Å². The number of carbonyl (C=O) groups is 1. The van der Waals surface area contributed by atoms with Gasteiger partial charge in [0.2, 0.25) is 0 Å². The monoisotopic (exact) mass is 333 g/mol. The van der Waals surface area contributed by atoms with Gasteiger partial charge in [0.15, 0.2) is 0 Å². The molecule has 2 N–H and O–H groups in total. The van der Waals surface area contributed by atoms with Crippen LogP contribution in [0.5, 0.6) is 0 Å². The molecule has 118 valence electrons. The number of carbonyl (C=O) groups excluding carboxylic acids is 1. The lowest BCUT2D eigenvalue weighted by Gasteiger charge is -2.22. The lowest BCUT2D eigenvalue weighted by atomic mass is 9.96. The standard InChI is InChI=1S/C15H21Cl2NO3/c1-15(2,3)21-14(20)18-9-11(6-7-19)10-4-5-12(16)13(17)8-10/h4-5,8,11,19H,6-7,9H2,1-3H3,(H,18,20). The van der Waals surface area contributed by atoms with Crippen LogP contribution in [0.25, 0.3) is 0 Å². The van der Waals surface area contributed by atoms with E-state index >= 15 is 0 Å². The maximum absolute atomic E-state index is 11.7. The molecule has 6 heteroatoms. The molecule has 0 fully saturated rings. The van der Waals surface area contributed by atoms with Gasteiger partial charge in [-0.1, -0.05) is 29.3 Å². The number of hydrogen-bond donors (Lipinski definition) is 2. The number of aliphatic hydroxyl groups is 1. The molecule has 0 aromatic heterocycles. The minimum absolute atomic E-state index is 0.0148. The van der Waals surface area contributed by atoms with Gasteiger partial charge in [0.1, 0.15) is 5.60 Å². The van der Waals surface area contributed by atoms with Gasteiger partial charge in [-0.15, -0.1) is 0 Å². The van der Waals surface area contributed by atoms with Crippen LogP contribution >= 0.6 is 23.2 Å². The Hall–Kier alpha value is -0.970. The molecule has 0 aliphatic heterocycles. The largest absolute Gasteiger partial charge is 0.444 e.